The third kappa shape index (κ3) is 4.59. The molecule has 0 saturated heterocycles. The average Bonchev–Trinajstić information content (AvgIpc) is 2.67. The lowest BCUT2D eigenvalue weighted by Gasteiger charge is -2.34. The molecule has 0 saturated carbocycles. The van der Waals surface area contributed by atoms with E-state index in [1.807, 2.05) is 30.3 Å². The van der Waals surface area contributed by atoms with E-state index in [2.05, 4.69) is 5.32 Å². The highest BCUT2D eigenvalue weighted by molar-refractivity contribution is 5.96. The van der Waals surface area contributed by atoms with Crippen molar-refractivity contribution in [2.24, 2.45) is 0 Å². The fraction of sp³-hybridized carbons (Fsp3) is 0.350. The van der Waals surface area contributed by atoms with E-state index in [9.17, 15) is 15.0 Å². The average molecular weight is 343 g/mol. The standard InChI is InChI=1S/C20H25NO4/c1-25-18-10-6-5-9-17(18)19(24)21-15-20(11-13-22,12-14-23)16-7-3-2-4-8-16/h2-10,22-23H,11-15H2,1H3,(H,21,24). The Labute approximate surface area is 148 Å². The van der Waals surface area contributed by atoms with Gasteiger partial charge in [0, 0.05) is 25.2 Å². The second kappa shape index (κ2) is 9.20. The Balaban J connectivity index is 2.23. The minimum absolute atomic E-state index is 0.0284. The summed E-state index contributed by atoms with van der Waals surface area (Å²) in [6, 6.07) is 16.7. The van der Waals surface area contributed by atoms with Crippen molar-refractivity contribution in [2.45, 2.75) is 18.3 Å². The number of methoxy groups -OCH3 is 1. The minimum Gasteiger partial charge on any atom is -0.496 e. The quantitative estimate of drug-likeness (QED) is 0.652. The first-order valence-electron chi connectivity index (χ1n) is 8.35. The second-order valence-corrected chi connectivity index (χ2v) is 5.98. The van der Waals surface area contributed by atoms with Crippen LogP contribution < -0.4 is 10.1 Å². The number of carbonyl (C=O) groups excluding carboxylic acids is 1. The fourth-order valence-corrected chi connectivity index (χ4v) is 3.09. The molecule has 2 aromatic carbocycles. The molecule has 0 bridgehead atoms. The number of aliphatic hydroxyl groups excluding tert-OH is 2. The Morgan fingerprint density at radius 3 is 2.20 bits per heavy atom. The summed E-state index contributed by atoms with van der Waals surface area (Å²) in [6.45, 7) is 0.258. The zero-order valence-electron chi connectivity index (χ0n) is 14.4. The number of rotatable bonds is 9. The van der Waals surface area contributed by atoms with Crippen molar-refractivity contribution in [3.05, 3.63) is 65.7 Å². The maximum atomic E-state index is 12.6. The van der Waals surface area contributed by atoms with Crippen molar-refractivity contribution in [3.63, 3.8) is 0 Å². The van der Waals surface area contributed by atoms with Gasteiger partial charge >= 0.3 is 0 Å². The van der Waals surface area contributed by atoms with Gasteiger partial charge < -0.3 is 20.3 Å². The van der Waals surface area contributed by atoms with Gasteiger partial charge in [0.1, 0.15) is 5.75 Å². The van der Waals surface area contributed by atoms with E-state index in [1.54, 1.807) is 24.3 Å². The number of carbonyl (C=O) groups is 1. The summed E-state index contributed by atoms with van der Waals surface area (Å²) in [7, 11) is 1.53. The van der Waals surface area contributed by atoms with Gasteiger partial charge in [-0.1, -0.05) is 42.5 Å². The van der Waals surface area contributed by atoms with Gasteiger partial charge in [-0.2, -0.15) is 0 Å². The summed E-state index contributed by atoms with van der Waals surface area (Å²) in [5.41, 5.74) is 0.918. The second-order valence-electron chi connectivity index (χ2n) is 5.98. The van der Waals surface area contributed by atoms with Crippen LogP contribution in [0.2, 0.25) is 0 Å². The fourth-order valence-electron chi connectivity index (χ4n) is 3.09. The van der Waals surface area contributed by atoms with Crippen LogP contribution in [0.15, 0.2) is 54.6 Å². The lowest BCUT2D eigenvalue weighted by molar-refractivity contribution is 0.0927. The van der Waals surface area contributed by atoms with E-state index in [-0.39, 0.29) is 19.1 Å². The Bertz CT molecular complexity index is 666. The smallest absolute Gasteiger partial charge is 0.255 e. The summed E-state index contributed by atoms with van der Waals surface area (Å²) in [4.78, 5) is 12.6. The SMILES string of the molecule is COc1ccccc1C(=O)NCC(CCO)(CCO)c1ccccc1. The van der Waals surface area contributed by atoms with Gasteiger partial charge in [-0.05, 0) is 30.5 Å². The molecule has 1 amide bonds. The third-order valence-electron chi connectivity index (χ3n) is 4.51. The van der Waals surface area contributed by atoms with E-state index in [0.29, 0.717) is 30.7 Å². The Kier molecular flexibility index (Phi) is 6.98. The number of aliphatic hydroxyl groups is 2. The Morgan fingerprint density at radius 2 is 1.60 bits per heavy atom. The Morgan fingerprint density at radius 1 is 1.00 bits per heavy atom. The molecule has 5 nitrogen and oxygen atoms in total. The number of hydrogen-bond donors (Lipinski definition) is 3. The molecule has 0 unspecified atom stereocenters. The zero-order chi connectivity index (χ0) is 18.1. The Hall–Kier alpha value is -2.37. The number of ether oxygens (including phenoxy) is 1. The van der Waals surface area contributed by atoms with Crippen LogP contribution in [0, 0.1) is 0 Å². The molecule has 5 heteroatoms. The van der Waals surface area contributed by atoms with Crippen molar-refractivity contribution in [1.29, 1.82) is 0 Å². The molecule has 2 aromatic rings. The van der Waals surface area contributed by atoms with Crippen LogP contribution in [0.5, 0.6) is 5.75 Å². The maximum Gasteiger partial charge on any atom is 0.255 e. The highest BCUT2D eigenvalue weighted by atomic mass is 16.5. The van der Waals surface area contributed by atoms with Crippen LogP contribution >= 0.6 is 0 Å². The van der Waals surface area contributed by atoms with Gasteiger partial charge in [0.05, 0.1) is 12.7 Å². The molecule has 134 valence electrons. The van der Waals surface area contributed by atoms with Crippen molar-refractivity contribution < 1.29 is 19.7 Å². The largest absolute Gasteiger partial charge is 0.496 e. The predicted octanol–water partition coefficient (Wildman–Crippen LogP) is 2.13. The van der Waals surface area contributed by atoms with Crippen molar-refractivity contribution in [3.8, 4) is 5.75 Å². The first-order valence-corrected chi connectivity index (χ1v) is 8.35. The summed E-state index contributed by atoms with van der Waals surface area (Å²) in [5.74, 6) is 0.267. The molecule has 0 radical (unpaired) electrons. The van der Waals surface area contributed by atoms with Crippen molar-refractivity contribution in [1.82, 2.24) is 5.32 Å². The zero-order valence-corrected chi connectivity index (χ0v) is 14.4. The first kappa shape index (κ1) is 19.0. The molecular formula is C20H25NO4. The minimum atomic E-state index is -0.525. The summed E-state index contributed by atoms with van der Waals surface area (Å²) >= 11 is 0. The van der Waals surface area contributed by atoms with E-state index >= 15 is 0 Å². The van der Waals surface area contributed by atoms with E-state index < -0.39 is 5.41 Å². The maximum absolute atomic E-state index is 12.6. The molecule has 0 atom stereocenters. The normalized spacial score (nSPS) is 11.2. The molecule has 0 aliphatic rings. The van der Waals surface area contributed by atoms with Crippen LogP contribution in [0.3, 0.4) is 0 Å². The molecule has 0 aliphatic carbocycles. The molecule has 0 aliphatic heterocycles. The third-order valence-corrected chi connectivity index (χ3v) is 4.51. The van der Waals surface area contributed by atoms with Crippen LogP contribution in [-0.2, 0) is 5.41 Å². The number of hydrogen-bond acceptors (Lipinski definition) is 4. The van der Waals surface area contributed by atoms with Gasteiger partial charge in [0.25, 0.3) is 5.91 Å². The number of benzene rings is 2. The van der Waals surface area contributed by atoms with Crippen LogP contribution in [-0.4, -0.2) is 43.0 Å². The van der Waals surface area contributed by atoms with E-state index in [1.165, 1.54) is 7.11 Å². The summed E-state index contributed by atoms with van der Waals surface area (Å²) in [6.07, 6.45) is 0.896. The molecule has 0 aromatic heterocycles. The molecule has 0 spiro atoms. The summed E-state index contributed by atoms with van der Waals surface area (Å²) in [5, 5.41) is 22.0. The van der Waals surface area contributed by atoms with Gasteiger partial charge in [0.15, 0.2) is 0 Å². The molecular weight excluding hydrogens is 318 g/mol. The monoisotopic (exact) mass is 343 g/mol. The molecule has 0 fully saturated rings. The topological polar surface area (TPSA) is 78.8 Å². The predicted molar refractivity (Wildman–Crippen MR) is 96.9 cm³/mol. The lowest BCUT2D eigenvalue weighted by atomic mass is 9.75. The first-order chi connectivity index (χ1) is 12.2. The lowest BCUT2D eigenvalue weighted by Crippen LogP contribution is -2.42. The van der Waals surface area contributed by atoms with Crippen LogP contribution in [0.4, 0.5) is 0 Å². The number of nitrogens with one attached hydrogen (secondary N) is 1. The van der Waals surface area contributed by atoms with Crippen LogP contribution in [0.25, 0.3) is 0 Å². The summed E-state index contributed by atoms with van der Waals surface area (Å²) < 4.78 is 5.24. The molecule has 25 heavy (non-hydrogen) atoms. The molecule has 3 N–H and O–H groups in total. The van der Waals surface area contributed by atoms with Crippen molar-refractivity contribution >= 4 is 5.91 Å². The number of para-hydroxylation sites is 1. The van der Waals surface area contributed by atoms with Gasteiger partial charge in [-0.15, -0.1) is 0 Å². The van der Waals surface area contributed by atoms with E-state index in [0.717, 1.165) is 5.56 Å². The molecule has 2 rings (SSSR count). The highest BCUT2D eigenvalue weighted by Gasteiger charge is 2.32. The van der Waals surface area contributed by atoms with Crippen molar-refractivity contribution in [2.75, 3.05) is 26.9 Å². The van der Waals surface area contributed by atoms with Gasteiger partial charge in [-0.25, -0.2) is 0 Å². The molecule has 0 heterocycles. The highest BCUT2D eigenvalue weighted by Crippen LogP contribution is 2.31. The van der Waals surface area contributed by atoms with Crippen LogP contribution in [0.1, 0.15) is 28.8 Å². The van der Waals surface area contributed by atoms with Gasteiger partial charge in [-0.3, -0.25) is 4.79 Å². The number of amides is 1. The van der Waals surface area contributed by atoms with E-state index in [4.69, 9.17) is 4.74 Å². The van der Waals surface area contributed by atoms with Gasteiger partial charge in [0.2, 0.25) is 0 Å².